The lowest BCUT2D eigenvalue weighted by molar-refractivity contribution is -0.140. The van der Waals surface area contributed by atoms with Crippen molar-refractivity contribution >= 4 is 0 Å². The van der Waals surface area contributed by atoms with Gasteiger partial charge in [-0.1, -0.05) is 18.9 Å². The Bertz CT molecular complexity index is 407. The number of aliphatic hydroxyl groups excluding tert-OH is 1. The van der Waals surface area contributed by atoms with Gasteiger partial charge in [-0.15, -0.1) is 0 Å². The van der Waals surface area contributed by atoms with Crippen molar-refractivity contribution in [1.82, 2.24) is 5.32 Å². The zero-order valence-corrected chi connectivity index (χ0v) is 11.1. The number of nitrogens with one attached hydrogen (secondary N) is 1. The predicted octanol–water partition coefficient (Wildman–Crippen LogP) is 3.49. The highest BCUT2D eigenvalue weighted by atomic mass is 19.4. The molecule has 1 aromatic rings. The van der Waals surface area contributed by atoms with Gasteiger partial charge in [-0.2, -0.15) is 13.2 Å². The molecule has 0 aliphatic heterocycles. The summed E-state index contributed by atoms with van der Waals surface area (Å²) in [6.07, 6.45) is -1.09. The van der Waals surface area contributed by atoms with Crippen LogP contribution in [-0.2, 0) is 12.7 Å². The second-order valence-corrected chi connectivity index (χ2v) is 4.63. The van der Waals surface area contributed by atoms with Crippen molar-refractivity contribution in [1.29, 1.82) is 0 Å². The van der Waals surface area contributed by atoms with Gasteiger partial charge in [0.15, 0.2) is 0 Å². The first kappa shape index (κ1) is 16.9. The summed E-state index contributed by atoms with van der Waals surface area (Å²) in [6, 6.07) is 3.04. The van der Waals surface area contributed by atoms with Crippen LogP contribution in [-0.4, -0.2) is 18.3 Å². The second kappa shape index (κ2) is 8.21. The SMILES string of the molecule is OCCCCCCNCc1ccc(F)c(C(F)(F)F)c1. The number of unbranched alkanes of at least 4 members (excludes halogenated alkanes) is 3. The minimum absolute atomic E-state index is 0.184. The Hall–Kier alpha value is -1.14. The van der Waals surface area contributed by atoms with Gasteiger partial charge >= 0.3 is 6.18 Å². The lowest BCUT2D eigenvalue weighted by Crippen LogP contribution is -2.16. The molecule has 6 heteroatoms. The molecular formula is C14H19F4NO. The van der Waals surface area contributed by atoms with Crippen molar-refractivity contribution in [2.24, 2.45) is 0 Å². The summed E-state index contributed by atoms with van der Waals surface area (Å²) in [4.78, 5) is 0. The van der Waals surface area contributed by atoms with Crippen molar-refractivity contribution in [3.8, 4) is 0 Å². The molecule has 0 amide bonds. The van der Waals surface area contributed by atoms with Gasteiger partial charge in [0.25, 0.3) is 0 Å². The number of hydrogen-bond acceptors (Lipinski definition) is 2. The van der Waals surface area contributed by atoms with Gasteiger partial charge in [0.05, 0.1) is 5.56 Å². The largest absolute Gasteiger partial charge is 0.419 e. The molecule has 0 heterocycles. The molecule has 2 nitrogen and oxygen atoms in total. The van der Waals surface area contributed by atoms with E-state index in [1.165, 1.54) is 6.07 Å². The maximum absolute atomic E-state index is 13.1. The Morgan fingerprint density at radius 3 is 2.40 bits per heavy atom. The summed E-state index contributed by atoms with van der Waals surface area (Å²) < 4.78 is 50.6. The summed E-state index contributed by atoms with van der Waals surface area (Å²) in [5.74, 6) is -1.25. The maximum atomic E-state index is 13.1. The molecule has 0 saturated carbocycles. The van der Waals surface area contributed by atoms with Crippen LogP contribution < -0.4 is 5.32 Å². The third-order valence-electron chi connectivity index (χ3n) is 2.93. The van der Waals surface area contributed by atoms with Crippen LogP contribution in [0.15, 0.2) is 18.2 Å². The normalized spacial score (nSPS) is 11.8. The number of halogens is 4. The number of rotatable bonds is 8. The Morgan fingerprint density at radius 2 is 1.75 bits per heavy atom. The smallest absolute Gasteiger partial charge is 0.396 e. The van der Waals surface area contributed by atoms with E-state index in [4.69, 9.17) is 5.11 Å². The first-order valence-electron chi connectivity index (χ1n) is 6.62. The van der Waals surface area contributed by atoms with Crippen LogP contribution in [0.4, 0.5) is 17.6 Å². The van der Waals surface area contributed by atoms with Gasteiger partial charge in [-0.25, -0.2) is 4.39 Å². The molecule has 0 spiro atoms. The van der Waals surface area contributed by atoms with E-state index in [0.717, 1.165) is 37.8 Å². The molecule has 0 saturated heterocycles. The Kier molecular flexibility index (Phi) is 6.95. The van der Waals surface area contributed by atoms with Gasteiger partial charge in [0, 0.05) is 13.2 Å². The highest BCUT2D eigenvalue weighted by Gasteiger charge is 2.34. The van der Waals surface area contributed by atoms with Crippen molar-refractivity contribution in [3.63, 3.8) is 0 Å². The Balaban J connectivity index is 2.38. The van der Waals surface area contributed by atoms with Crippen LogP contribution in [0.25, 0.3) is 0 Å². The average Bonchev–Trinajstić information content (AvgIpc) is 2.38. The first-order chi connectivity index (χ1) is 9.45. The standard InChI is InChI=1S/C14H19F4NO/c15-13-6-5-11(9-12(13)14(16,17)18)10-19-7-3-1-2-4-8-20/h5-6,9,19-20H,1-4,7-8,10H2. The summed E-state index contributed by atoms with van der Waals surface area (Å²) in [5, 5.41) is 11.6. The fourth-order valence-corrected chi connectivity index (χ4v) is 1.85. The number of aliphatic hydroxyl groups is 1. The summed E-state index contributed by atoms with van der Waals surface area (Å²) in [5.41, 5.74) is -0.811. The molecule has 0 aliphatic rings. The molecule has 0 aliphatic carbocycles. The maximum Gasteiger partial charge on any atom is 0.419 e. The van der Waals surface area contributed by atoms with E-state index in [-0.39, 0.29) is 13.2 Å². The molecule has 0 radical (unpaired) electrons. The molecule has 0 bridgehead atoms. The summed E-state index contributed by atoms with van der Waals surface area (Å²) in [7, 11) is 0. The third-order valence-corrected chi connectivity index (χ3v) is 2.93. The van der Waals surface area contributed by atoms with E-state index >= 15 is 0 Å². The molecule has 1 rings (SSSR count). The van der Waals surface area contributed by atoms with Gasteiger partial charge in [0.2, 0.25) is 0 Å². The van der Waals surface area contributed by atoms with Crippen molar-refractivity contribution < 1.29 is 22.7 Å². The molecule has 114 valence electrons. The molecule has 1 aromatic carbocycles. The first-order valence-corrected chi connectivity index (χ1v) is 6.62. The van der Waals surface area contributed by atoms with E-state index in [0.29, 0.717) is 12.1 Å². The minimum atomic E-state index is -4.66. The zero-order valence-electron chi connectivity index (χ0n) is 11.1. The van der Waals surface area contributed by atoms with E-state index in [2.05, 4.69) is 5.32 Å². The second-order valence-electron chi connectivity index (χ2n) is 4.63. The van der Waals surface area contributed by atoms with Crippen molar-refractivity contribution in [2.75, 3.05) is 13.2 Å². The molecule has 20 heavy (non-hydrogen) atoms. The fourth-order valence-electron chi connectivity index (χ4n) is 1.85. The highest BCUT2D eigenvalue weighted by molar-refractivity contribution is 5.27. The number of alkyl halides is 3. The summed E-state index contributed by atoms with van der Waals surface area (Å²) in [6.45, 7) is 1.15. The van der Waals surface area contributed by atoms with Gasteiger partial charge in [-0.05, 0) is 37.1 Å². The van der Waals surface area contributed by atoms with Crippen LogP contribution >= 0.6 is 0 Å². The van der Waals surface area contributed by atoms with Crippen LogP contribution in [0.2, 0.25) is 0 Å². The lowest BCUT2D eigenvalue weighted by atomic mass is 10.1. The monoisotopic (exact) mass is 293 g/mol. The highest BCUT2D eigenvalue weighted by Crippen LogP contribution is 2.31. The van der Waals surface area contributed by atoms with Crippen molar-refractivity contribution in [3.05, 3.63) is 35.1 Å². The fraction of sp³-hybridized carbons (Fsp3) is 0.571. The Labute approximate surface area is 115 Å². The molecule has 0 atom stereocenters. The predicted molar refractivity (Wildman–Crippen MR) is 68.7 cm³/mol. The molecule has 0 aromatic heterocycles. The number of hydrogen-bond donors (Lipinski definition) is 2. The molecule has 2 N–H and O–H groups in total. The van der Waals surface area contributed by atoms with E-state index in [9.17, 15) is 17.6 Å². The molecule has 0 unspecified atom stereocenters. The van der Waals surface area contributed by atoms with Gasteiger partial charge < -0.3 is 10.4 Å². The average molecular weight is 293 g/mol. The van der Waals surface area contributed by atoms with E-state index in [1.54, 1.807) is 0 Å². The van der Waals surface area contributed by atoms with Crippen LogP contribution in [0, 0.1) is 5.82 Å². The lowest BCUT2D eigenvalue weighted by Gasteiger charge is -2.10. The van der Waals surface area contributed by atoms with Crippen LogP contribution in [0.1, 0.15) is 36.8 Å². The zero-order chi connectivity index (χ0) is 15.0. The topological polar surface area (TPSA) is 32.3 Å². The Morgan fingerprint density at radius 1 is 1.05 bits per heavy atom. The molecular weight excluding hydrogens is 274 g/mol. The van der Waals surface area contributed by atoms with Crippen LogP contribution in [0.3, 0.4) is 0 Å². The van der Waals surface area contributed by atoms with Crippen molar-refractivity contribution in [2.45, 2.75) is 38.4 Å². The van der Waals surface area contributed by atoms with Crippen LogP contribution in [0.5, 0.6) is 0 Å². The van der Waals surface area contributed by atoms with Gasteiger partial charge in [0.1, 0.15) is 5.82 Å². The third kappa shape index (κ3) is 5.88. The summed E-state index contributed by atoms with van der Waals surface area (Å²) >= 11 is 0. The van der Waals surface area contributed by atoms with E-state index < -0.39 is 17.6 Å². The van der Waals surface area contributed by atoms with Gasteiger partial charge in [-0.3, -0.25) is 0 Å². The quantitative estimate of drug-likeness (QED) is 0.568. The number of benzene rings is 1. The minimum Gasteiger partial charge on any atom is -0.396 e. The van der Waals surface area contributed by atoms with E-state index in [1.807, 2.05) is 0 Å². The molecule has 0 fully saturated rings.